The Morgan fingerprint density at radius 3 is 2.60 bits per heavy atom. The minimum atomic E-state index is -3.70. The van der Waals surface area contributed by atoms with Gasteiger partial charge >= 0.3 is 12.3 Å². The van der Waals surface area contributed by atoms with E-state index in [1.165, 1.54) is 18.2 Å². The minimum absolute atomic E-state index is 0.0247. The smallest absolute Gasteiger partial charge is 0.481 e. The lowest BCUT2D eigenvalue weighted by atomic mass is 10.2. The number of alkyl halides is 2. The fourth-order valence-corrected chi connectivity index (χ4v) is 1.65. The van der Waals surface area contributed by atoms with Crippen molar-refractivity contribution in [3.63, 3.8) is 0 Å². The lowest BCUT2D eigenvalue weighted by Gasteiger charge is -2.05. The fourth-order valence-electron chi connectivity index (χ4n) is 1.65. The van der Waals surface area contributed by atoms with Crippen molar-refractivity contribution in [1.29, 1.82) is 0 Å². The van der Waals surface area contributed by atoms with Gasteiger partial charge in [0.05, 0.1) is 0 Å². The number of hydrogen-bond donors (Lipinski definition) is 2. The highest BCUT2D eigenvalue weighted by molar-refractivity contribution is 5.91. The van der Waals surface area contributed by atoms with Crippen molar-refractivity contribution in [2.24, 2.45) is 0 Å². The second-order valence-corrected chi connectivity index (χ2v) is 4.12. The number of halogens is 2. The summed E-state index contributed by atoms with van der Waals surface area (Å²) in [5, 5.41) is 10.9. The number of amides is 1. The largest absolute Gasteiger partial charge is 0.586 e. The molecule has 0 radical (unpaired) electrons. The first-order chi connectivity index (χ1) is 9.35. The number of ether oxygens (including phenoxy) is 2. The quantitative estimate of drug-likeness (QED) is 0.867. The molecule has 0 unspecified atom stereocenters. The first-order valence-corrected chi connectivity index (χ1v) is 5.77. The third-order valence-corrected chi connectivity index (χ3v) is 2.48. The van der Waals surface area contributed by atoms with Crippen molar-refractivity contribution < 1.29 is 33.0 Å². The Kier molecular flexibility index (Phi) is 3.73. The van der Waals surface area contributed by atoms with Crippen LogP contribution in [-0.2, 0) is 9.59 Å². The molecule has 0 atom stereocenters. The van der Waals surface area contributed by atoms with E-state index in [-0.39, 0.29) is 36.4 Å². The molecule has 1 aromatic rings. The average molecular weight is 287 g/mol. The maximum atomic E-state index is 12.8. The van der Waals surface area contributed by atoms with Crippen molar-refractivity contribution >= 4 is 17.6 Å². The highest BCUT2D eigenvalue weighted by Gasteiger charge is 2.43. The molecule has 1 aliphatic heterocycles. The van der Waals surface area contributed by atoms with E-state index in [9.17, 15) is 18.4 Å². The van der Waals surface area contributed by atoms with Crippen molar-refractivity contribution in [1.82, 2.24) is 0 Å². The van der Waals surface area contributed by atoms with Gasteiger partial charge in [-0.2, -0.15) is 0 Å². The van der Waals surface area contributed by atoms with Crippen LogP contribution in [0.4, 0.5) is 14.5 Å². The molecule has 2 rings (SSSR count). The van der Waals surface area contributed by atoms with Crippen LogP contribution in [0.5, 0.6) is 11.5 Å². The minimum Gasteiger partial charge on any atom is -0.481 e. The van der Waals surface area contributed by atoms with Gasteiger partial charge in [-0.25, -0.2) is 0 Å². The van der Waals surface area contributed by atoms with E-state index in [0.29, 0.717) is 0 Å². The predicted octanol–water partition coefficient (Wildman–Crippen LogP) is 2.20. The van der Waals surface area contributed by atoms with Gasteiger partial charge in [-0.3, -0.25) is 9.59 Å². The molecule has 0 spiro atoms. The molecule has 2 N–H and O–H groups in total. The number of fused-ring (bicyclic) bond motifs is 1. The van der Waals surface area contributed by atoms with Gasteiger partial charge in [0.1, 0.15) is 0 Å². The number of rotatable bonds is 5. The molecule has 1 heterocycles. The summed E-state index contributed by atoms with van der Waals surface area (Å²) in [6, 6.07) is 3.85. The van der Waals surface area contributed by atoms with Crippen LogP contribution < -0.4 is 14.8 Å². The average Bonchev–Trinajstić information content (AvgIpc) is 2.61. The first-order valence-electron chi connectivity index (χ1n) is 5.77. The standard InChI is InChI=1S/C12H11F2NO5/c13-12(14)19-8-5-4-7(6-9(8)20-12)15-10(16)2-1-3-11(17)18/h4-6H,1-3H2,(H,15,16)(H,17,18). The van der Waals surface area contributed by atoms with E-state index >= 15 is 0 Å². The molecule has 1 amide bonds. The molecule has 20 heavy (non-hydrogen) atoms. The van der Waals surface area contributed by atoms with Gasteiger partial charge in [-0.05, 0) is 18.6 Å². The summed E-state index contributed by atoms with van der Waals surface area (Å²) in [7, 11) is 0. The third kappa shape index (κ3) is 3.56. The van der Waals surface area contributed by atoms with E-state index in [0.717, 1.165) is 0 Å². The Balaban J connectivity index is 1.92. The summed E-state index contributed by atoms with van der Waals surface area (Å²) < 4.78 is 34.0. The van der Waals surface area contributed by atoms with Gasteiger partial charge in [0.15, 0.2) is 11.5 Å². The number of carbonyl (C=O) groups is 2. The lowest BCUT2D eigenvalue weighted by Crippen LogP contribution is -2.25. The Bertz CT molecular complexity index is 547. The predicted molar refractivity (Wildman–Crippen MR) is 62.8 cm³/mol. The van der Waals surface area contributed by atoms with Gasteiger partial charge in [0.2, 0.25) is 5.91 Å². The number of carboxylic acid groups (broad SMARTS) is 1. The van der Waals surface area contributed by atoms with Crippen LogP contribution in [0.1, 0.15) is 19.3 Å². The Morgan fingerprint density at radius 2 is 1.90 bits per heavy atom. The summed E-state index contributed by atoms with van der Waals surface area (Å²) in [4.78, 5) is 21.8. The van der Waals surface area contributed by atoms with E-state index in [4.69, 9.17) is 5.11 Å². The molecule has 0 aromatic heterocycles. The van der Waals surface area contributed by atoms with Gasteiger partial charge in [-0.15, -0.1) is 8.78 Å². The monoisotopic (exact) mass is 287 g/mol. The van der Waals surface area contributed by atoms with Crippen LogP contribution in [0, 0.1) is 0 Å². The molecule has 0 saturated heterocycles. The highest BCUT2D eigenvalue weighted by Crippen LogP contribution is 2.42. The Labute approximate surface area is 112 Å². The van der Waals surface area contributed by atoms with Crippen LogP contribution in [0.15, 0.2) is 18.2 Å². The maximum absolute atomic E-state index is 12.8. The number of carboxylic acids is 1. The van der Waals surface area contributed by atoms with Crippen LogP contribution >= 0.6 is 0 Å². The number of hydrogen-bond acceptors (Lipinski definition) is 4. The summed E-state index contributed by atoms with van der Waals surface area (Å²) >= 11 is 0. The molecular weight excluding hydrogens is 276 g/mol. The van der Waals surface area contributed by atoms with Crippen LogP contribution in [0.3, 0.4) is 0 Å². The fraction of sp³-hybridized carbons (Fsp3) is 0.333. The summed E-state index contributed by atoms with van der Waals surface area (Å²) in [5.41, 5.74) is 0.269. The van der Waals surface area contributed by atoms with Crippen LogP contribution in [0.25, 0.3) is 0 Å². The van der Waals surface area contributed by atoms with E-state index in [2.05, 4.69) is 14.8 Å². The van der Waals surface area contributed by atoms with Crippen molar-refractivity contribution in [3.8, 4) is 11.5 Å². The Morgan fingerprint density at radius 1 is 1.20 bits per heavy atom. The summed E-state index contributed by atoms with van der Waals surface area (Å²) in [5.74, 6) is -1.67. The number of anilines is 1. The maximum Gasteiger partial charge on any atom is 0.586 e. The highest BCUT2D eigenvalue weighted by atomic mass is 19.3. The molecule has 0 bridgehead atoms. The van der Waals surface area contributed by atoms with Gasteiger partial charge < -0.3 is 19.9 Å². The zero-order chi connectivity index (χ0) is 14.8. The normalized spacial score (nSPS) is 14.9. The number of benzene rings is 1. The third-order valence-electron chi connectivity index (χ3n) is 2.48. The molecule has 8 heteroatoms. The second kappa shape index (κ2) is 5.32. The van der Waals surface area contributed by atoms with Gasteiger partial charge in [0, 0.05) is 24.6 Å². The number of nitrogens with one attached hydrogen (secondary N) is 1. The zero-order valence-corrected chi connectivity index (χ0v) is 10.2. The topological polar surface area (TPSA) is 84.9 Å². The molecule has 108 valence electrons. The Hall–Kier alpha value is -2.38. The van der Waals surface area contributed by atoms with Crippen LogP contribution in [0.2, 0.25) is 0 Å². The van der Waals surface area contributed by atoms with E-state index in [1.54, 1.807) is 0 Å². The van der Waals surface area contributed by atoms with E-state index in [1.807, 2.05) is 0 Å². The van der Waals surface area contributed by atoms with Crippen molar-refractivity contribution in [2.45, 2.75) is 25.6 Å². The molecule has 0 fully saturated rings. The van der Waals surface area contributed by atoms with E-state index < -0.39 is 18.2 Å². The zero-order valence-electron chi connectivity index (χ0n) is 10.2. The van der Waals surface area contributed by atoms with Crippen LogP contribution in [-0.4, -0.2) is 23.3 Å². The van der Waals surface area contributed by atoms with Crippen molar-refractivity contribution in [2.75, 3.05) is 5.32 Å². The first kappa shape index (κ1) is 14.0. The molecule has 6 nitrogen and oxygen atoms in total. The molecule has 0 aliphatic carbocycles. The lowest BCUT2D eigenvalue weighted by molar-refractivity contribution is -0.286. The SMILES string of the molecule is O=C(O)CCCC(=O)Nc1ccc2c(c1)OC(F)(F)O2. The summed E-state index contributed by atoms with van der Waals surface area (Å²) in [6.07, 6.45) is -3.59. The summed E-state index contributed by atoms with van der Waals surface area (Å²) in [6.45, 7) is 0. The van der Waals surface area contributed by atoms with Gasteiger partial charge in [-0.1, -0.05) is 0 Å². The molecular formula is C12H11F2NO5. The number of aliphatic carboxylic acids is 1. The second-order valence-electron chi connectivity index (χ2n) is 4.12. The molecule has 1 aromatic carbocycles. The molecule has 0 saturated carbocycles. The molecule has 1 aliphatic rings. The van der Waals surface area contributed by atoms with Crippen molar-refractivity contribution in [3.05, 3.63) is 18.2 Å². The van der Waals surface area contributed by atoms with Gasteiger partial charge in [0.25, 0.3) is 0 Å². The number of carbonyl (C=O) groups excluding carboxylic acids is 1.